The highest BCUT2D eigenvalue weighted by atomic mass is 32.2. The van der Waals surface area contributed by atoms with Gasteiger partial charge >= 0.3 is 0 Å². The average molecular weight is 385 g/mol. The smallest absolute Gasteiger partial charge is 0.254 e. The third kappa shape index (κ3) is 4.98. The van der Waals surface area contributed by atoms with E-state index in [-0.39, 0.29) is 23.5 Å². The van der Waals surface area contributed by atoms with Gasteiger partial charge in [0.2, 0.25) is 0 Å². The van der Waals surface area contributed by atoms with Crippen LogP contribution in [0.1, 0.15) is 22.3 Å². The minimum atomic E-state index is -3.08. The Kier molecular flexibility index (Phi) is 5.96. The van der Waals surface area contributed by atoms with Gasteiger partial charge in [0.25, 0.3) is 5.91 Å². The number of carbonyl (C=O) groups is 1. The van der Waals surface area contributed by atoms with Crippen molar-refractivity contribution in [2.75, 3.05) is 25.2 Å². The standard InChI is InChI=1S/C21H23NO4S/c1-26-20-11-9-18(10-12-20)21(23)22(19-13-15-27(24,25)16-19)14-5-8-17-6-3-2-4-7-17/h2-12,19H,13-16H2,1H3/b8-5+/t19-/m0/s1. The summed E-state index contributed by atoms with van der Waals surface area (Å²) in [6, 6.07) is 16.4. The summed E-state index contributed by atoms with van der Waals surface area (Å²) in [6.07, 6.45) is 4.32. The molecule has 27 heavy (non-hydrogen) atoms. The Bertz CT molecular complexity index is 905. The molecule has 2 aromatic carbocycles. The molecule has 1 aliphatic heterocycles. The molecule has 1 aliphatic rings. The molecule has 142 valence electrons. The van der Waals surface area contributed by atoms with Gasteiger partial charge in [0.15, 0.2) is 9.84 Å². The van der Waals surface area contributed by atoms with Crippen molar-refractivity contribution in [1.29, 1.82) is 0 Å². The SMILES string of the molecule is COc1ccc(C(=O)N(C/C=C/c2ccccc2)[C@H]2CCS(=O)(=O)C2)cc1. The highest BCUT2D eigenvalue weighted by molar-refractivity contribution is 7.91. The molecule has 0 saturated carbocycles. The summed E-state index contributed by atoms with van der Waals surface area (Å²) in [5, 5.41) is 0. The van der Waals surface area contributed by atoms with E-state index in [0.717, 1.165) is 5.56 Å². The van der Waals surface area contributed by atoms with Gasteiger partial charge in [-0.05, 0) is 36.2 Å². The first-order valence-corrected chi connectivity index (χ1v) is 10.7. The molecule has 0 aliphatic carbocycles. The van der Waals surface area contributed by atoms with Crippen LogP contribution in [0, 0.1) is 0 Å². The molecule has 0 N–H and O–H groups in total. The Balaban J connectivity index is 1.80. The van der Waals surface area contributed by atoms with Gasteiger partial charge in [0.05, 0.1) is 18.6 Å². The van der Waals surface area contributed by atoms with Crippen molar-refractivity contribution < 1.29 is 17.9 Å². The summed E-state index contributed by atoms with van der Waals surface area (Å²) in [5.74, 6) is 0.656. The van der Waals surface area contributed by atoms with Crippen molar-refractivity contribution in [2.24, 2.45) is 0 Å². The quantitative estimate of drug-likeness (QED) is 0.767. The van der Waals surface area contributed by atoms with Crippen molar-refractivity contribution in [3.63, 3.8) is 0 Å². The van der Waals surface area contributed by atoms with Crippen LogP contribution in [0.2, 0.25) is 0 Å². The number of hydrogen-bond donors (Lipinski definition) is 0. The van der Waals surface area contributed by atoms with Gasteiger partial charge in [-0.1, -0.05) is 42.5 Å². The molecular weight excluding hydrogens is 362 g/mol. The number of carbonyl (C=O) groups excluding carboxylic acids is 1. The molecule has 0 unspecified atom stereocenters. The van der Waals surface area contributed by atoms with Crippen molar-refractivity contribution in [3.8, 4) is 5.75 Å². The van der Waals surface area contributed by atoms with Gasteiger partial charge in [0, 0.05) is 18.2 Å². The first-order valence-electron chi connectivity index (χ1n) is 8.85. The number of hydrogen-bond acceptors (Lipinski definition) is 4. The Labute approximate surface area is 160 Å². The van der Waals surface area contributed by atoms with E-state index in [0.29, 0.717) is 24.3 Å². The molecule has 1 heterocycles. The molecule has 6 heteroatoms. The lowest BCUT2D eigenvalue weighted by Crippen LogP contribution is -2.41. The Morgan fingerprint density at radius 3 is 2.44 bits per heavy atom. The van der Waals surface area contributed by atoms with E-state index in [1.807, 2.05) is 42.5 Å². The average Bonchev–Trinajstić information content (AvgIpc) is 3.05. The zero-order valence-electron chi connectivity index (χ0n) is 15.2. The molecule has 3 rings (SSSR count). The molecule has 0 spiro atoms. The first-order chi connectivity index (χ1) is 13.0. The van der Waals surface area contributed by atoms with Crippen molar-refractivity contribution in [1.82, 2.24) is 4.90 Å². The zero-order valence-corrected chi connectivity index (χ0v) is 16.1. The second-order valence-electron chi connectivity index (χ2n) is 6.56. The van der Waals surface area contributed by atoms with Gasteiger partial charge < -0.3 is 9.64 Å². The summed E-state index contributed by atoms with van der Waals surface area (Å²) in [6.45, 7) is 0.361. The number of sulfone groups is 1. The third-order valence-corrected chi connectivity index (χ3v) is 6.41. The normalized spacial score (nSPS) is 18.5. The lowest BCUT2D eigenvalue weighted by Gasteiger charge is -2.27. The summed E-state index contributed by atoms with van der Waals surface area (Å²) < 4.78 is 29.0. The fraction of sp³-hybridized carbons (Fsp3) is 0.286. The van der Waals surface area contributed by atoms with Crippen molar-refractivity contribution in [2.45, 2.75) is 12.5 Å². The minimum Gasteiger partial charge on any atom is -0.497 e. The fourth-order valence-electron chi connectivity index (χ4n) is 3.18. The van der Waals surface area contributed by atoms with Gasteiger partial charge in [-0.15, -0.1) is 0 Å². The summed E-state index contributed by atoms with van der Waals surface area (Å²) in [4.78, 5) is 14.7. The maximum Gasteiger partial charge on any atom is 0.254 e. The molecule has 2 aromatic rings. The molecule has 0 radical (unpaired) electrons. The number of ether oxygens (including phenoxy) is 1. The van der Waals surface area contributed by atoms with E-state index in [4.69, 9.17) is 4.74 Å². The predicted octanol–water partition coefficient (Wildman–Crippen LogP) is 3.04. The number of amides is 1. The number of rotatable bonds is 6. The van der Waals surface area contributed by atoms with Crippen LogP contribution in [-0.4, -0.2) is 50.4 Å². The van der Waals surface area contributed by atoms with Crippen LogP contribution in [0.4, 0.5) is 0 Å². The Morgan fingerprint density at radius 1 is 1.15 bits per heavy atom. The fourth-order valence-corrected chi connectivity index (χ4v) is 4.92. The summed E-state index contributed by atoms with van der Waals surface area (Å²) >= 11 is 0. The van der Waals surface area contributed by atoms with Crippen LogP contribution in [0.3, 0.4) is 0 Å². The maximum absolute atomic E-state index is 13.0. The second-order valence-corrected chi connectivity index (χ2v) is 8.78. The largest absolute Gasteiger partial charge is 0.497 e. The zero-order chi connectivity index (χ0) is 19.3. The second kappa shape index (κ2) is 8.39. The van der Waals surface area contributed by atoms with Gasteiger partial charge in [-0.3, -0.25) is 4.79 Å². The van der Waals surface area contributed by atoms with E-state index >= 15 is 0 Å². The van der Waals surface area contributed by atoms with E-state index in [2.05, 4.69) is 0 Å². The number of benzene rings is 2. The van der Waals surface area contributed by atoms with E-state index < -0.39 is 9.84 Å². The van der Waals surface area contributed by atoms with Gasteiger partial charge in [-0.2, -0.15) is 0 Å². The molecular formula is C21H23NO4S. The monoisotopic (exact) mass is 385 g/mol. The van der Waals surface area contributed by atoms with Crippen LogP contribution in [-0.2, 0) is 9.84 Å². The van der Waals surface area contributed by atoms with Crippen LogP contribution in [0.15, 0.2) is 60.7 Å². The summed E-state index contributed by atoms with van der Waals surface area (Å²) in [7, 11) is -1.51. The van der Waals surface area contributed by atoms with Crippen LogP contribution in [0.5, 0.6) is 5.75 Å². The number of nitrogens with zero attached hydrogens (tertiary/aromatic N) is 1. The molecule has 1 atom stereocenters. The first kappa shape index (κ1) is 19.2. The van der Waals surface area contributed by atoms with Crippen LogP contribution in [0.25, 0.3) is 6.08 Å². The topological polar surface area (TPSA) is 63.7 Å². The van der Waals surface area contributed by atoms with Crippen molar-refractivity contribution in [3.05, 3.63) is 71.8 Å². The minimum absolute atomic E-state index is 0.0219. The van der Waals surface area contributed by atoms with Crippen LogP contribution >= 0.6 is 0 Å². The van der Waals surface area contributed by atoms with E-state index in [1.54, 1.807) is 36.3 Å². The molecule has 1 saturated heterocycles. The molecule has 0 bridgehead atoms. The maximum atomic E-state index is 13.0. The van der Waals surface area contributed by atoms with Crippen LogP contribution < -0.4 is 4.74 Å². The highest BCUT2D eigenvalue weighted by Gasteiger charge is 2.34. The Hall–Kier alpha value is -2.60. The summed E-state index contributed by atoms with van der Waals surface area (Å²) in [5.41, 5.74) is 1.56. The molecule has 5 nitrogen and oxygen atoms in total. The predicted molar refractivity (Wildman–Crippen MR) is 107 cm³/mol. The van der Waals surface area contributed by atoms with Gasteiger partial charge in [-0.25, -0.2) is 8.42 Å². The highest BCUT2D eigenvalue weighted by Crippen LogP contribution is 2.21. The van der Waals surface area contributed by atoms with E-state index in [9.17, 15) is 13.2 Å². The lowest BCUT2D eigenvalue weighted by molar-refractivity contribution is 0.0721. The lowest BCUT2D eigenvalue weighted by atomic mass is 10.1. The number of methoxy groups -OCH3 is 1. The van der Waals surface area contributed by atoms with Gasteiger partial charge in [0.1, 0.15) is 5.75 Å². The third-order valence-electron chi connectivity index (χ3n) is 4.66. The molecule has 0 aromatic heterocycles. The molecule has 1 fully saturated rings. The van der Waals surface area contributed by atoms with E-state index in [1.165, 1.54) is 0 Å². The molecule has 1 amide bonds. The Morgan fingerprint density at radius 2 is 1.85 bits per heavy atom. The van der Waals surface area contributed by atoms with Crippen molar-refractivity contribution >= 4 is 21.8 Å².